The Balaban J connectivity index is 0.00000289. The van der Waals surface area contributed by atoms with E-state index in [1.165, 1.54) is 4.90 Å². The lowest BCUT2D eigenvalue weighted by Gasteiger charge is -2.05. The highest BCUT2D eigenvalue weighted by Crippen LogP contribution is 2.17. The van der Waals surface area contributed by atoms with E-state index in [2.05, 4.69) is 41.5 Å². The van der Waals surface area contributed by atoms with Crippen LogP contribution in [0.15, 0.2) is 40.2 Å². The molecule has 0 amide bonds. The first-order valence-electron chi connectivity index (χ1n) is 6.04. The normalized spacial score (nSPS) is 10.8. The molecule has 0 saturated heterocycles. The highest BCUT2D eigenvalue weighted by molar-refractivity contribution is 14.0. The van der Waals surface area contributed by atoms with Gasteiger partial charge in [-0.3, -0.25) is 4.99 Å². The Morgan fingerprint density at radius 2 is 2.06 bits per heavy atom. The number of aliphatic imine (C=N–C) groups is 1. The van der Waals surface area contributed by atoms with Gasteiger partial charge >= 0.3 is 0 Å². The molecular formula is C13H22IN3S. The molecule has 0 aliphatic carbocycles. The molecule has 0 bridgehead atoms. The molecule has 18 heavy (non-hydrogen) atoms. The van der Waals surface area contributed by atoms with Crippen molar-refractivity contribution in [2.75, 3.05) is 18.8 Å². The lowest BCUT2D eigenvalue weighted by molar-refractivity contribution is 0.826. The molecule has 0 saturated carbocycles. The van der Waals surface area contributed by atoms with Crippen LogP contribution in [0.1, 0.15) is 19.8 Å². The quantitative estimate of drug-likeness (QED) is 0.252. The number of thioether (sulfide) groups is 1. The molecule has 1 aromatic carbocycles. The van der Waals surface area contributed by atoms with Crippen molar-refractivity contribution in [2.24, 2.45) is 10.7 Å². The molecule has 0 fully saturated rings. The first kappa shape index (κ1) is 17.6. The van der Waals surface area contributed by atoms with Crippen LogP contribution in [-0.2, 0) is 0 Å². The Hall–Kier alpha value is -0.430. The molecule has 5 heteroatoms. The van der Waals surface area contributed by atoms with Crippen LogP contribution in [0.3, 0.4) is 0 Å². The Labute approximate surface area is 131 Å². The first-order valence-corrected chi connectivity index (χ1v) is 7.03. The fourth-order valence-electron chi connectivity index (χ4n) is 1.28. The van der Waals surface area contributed by atoms with Gasteiger partial charge in [0.15, 0.2) is 5.96 Å². The summed E-state index contributed by atoms with van der Waals surface area (Å²) in [5.41, 5.74) is 5.69. The Kier molecular flexibility index (Phi) is 11.4. The second-order valence-electron chi connectivity index (χ2n) is 3.71. The molecule has 0 aromatic heterocycles. The summed E-state index contributed by atoms with van der Waals surface area (Å²) in [6, 6.07) is 10.4. The first-order chi connectivity index (χ1) is 8.33. The summed E-state index contributed by atoms with van der Waals surface area (Å²) in [6.45, 7) is 3.78. The number of hydrogen-bond donors (Lipinski definition) is 2. The van der Waals surface area contributed by atoms with Gasteiger partial charge in [0, 0.05) is 18.0 Å². The molecule has 1 aromatic rings. The van der Waals surface area contributed by atoms with Gasteiger partial charge in [-0.2, -0.15) is 0 Å². The predicted molar refractivity (Wildman–Crippen MR) is 92.0 cm³/mol. The zero-order valence-electron chi connectivity index (χ0n) is 10.8. The van der Waals surface area contributed by atoms with E-state index < -0.39 is 0 Å². The van der Waals surface area contributed by atoms with Crippen LogP contribution < -0.4 is 11.1 Å². The van der Waals surface area contributed by atoms with Gasteiger partial charge in [-0.05, 0) is 30.7 Å². The average molecular weight is 379 g/mol. The molecule has 0 aliphatic rings. The Morgan fingerprint density at radius 1 is 1.33 bits per heavy atom. The van der Waals surface area contributed by atoms with Crippen LogP contribution in [0, 0.1) is 0 Å². The van der Waals surface area contributed by atoms with Gasteiger partial charge in [0.2, 0.25) is 0 Å². The smallest absolute Gasteiger partial charge is 0.188 e. The average Bonchev–Trinajstić information content (AvgIpc) is 2.37. The standard InChI is InChI=1S/C13H21N3S.HI/c1-2-9-15-13(14)16-10-6-11-17-12-7-4-3-5-8-12;/h3-5,7-8H,2,6,9-11H2,1H3,(H3,14,15,16);1H. The second-order valence-corrected chi connectivity index (χ2v) is 4.88. The molecule has 3 nitrogen and oxygen atoms in total. The number of rotatable bonds is 7. The molecule has 0 spiro atoms. The zero-order chi connectivity index (χ0) is 12.3. The summed E-state index contributed by atoms with van der Waals surface area (Å²) in [5, 5.41) is 3.12. The maximum absolute atomic E-state index is 5.69. The van der Waals surface area contributed by atoms with Gasteiger partial charge in [-0.25, -0.2) is 0 Å². The summed E-state index contributed by atoms with van der Waals surface area (Å²) >= 11 is 1.87. The molecular weight excluding hydrogens is 357 g/mol. The Bertz CT molecular complexity index is 330. The minimum atomic E-state index is 0. The van der Waals surface area contributed by atoms with Gasteiger partial charge in [-0.15, -0.1) is 35.7 Å². The third-order valence-electron chi connectivity index (χ3n) is 2.14. The van der Waals surface area contributed by atoms with Crippen molar-refractivity contribution >= 4 is 41.7 Å². The number of benzene rings is 1. The topological polar surface area (TPSA) is 50.4 Å². The maximum atomic E-state index is 5.69. The number of halogens is 1. The molecule has 0 atom stereocenters. The number of guanidine groups is 1. The summed E-state index contributed by atoms with van der Waals surface area (Å²) in [5.74, 6) is 1.66. The number of nitrogens with two attached hydrogens (primary N) is 1. The van der Waals surface area contributed by atoms with E-state index in [0.29, 0.717) is 5.96 Å². The van der Waals surface area contributed by atoms with E-state index in [0.717, 1.165) is 31.7 Å². The lowest BCUT2D eigenvalue weighted by Crippen LogP contribution is -2.32. The van der Waals surface area contributed by atoms with E-state index in [-0.39, 0.29) is 24.0 Å². The third-order valence-corrected chi connectivity index (χ3v) is 3.24. The molecule has 102 valence electrons. The molecule has 0 radical (unpaired) electrons. The summed E-state index contributed by atoms with van der Waals surface area (Å²) in [7, 11) is 0. The monoisotopic (exact) mass is 379 g/mol. The minimum absolute atomic E-state index is 0. The number of nitrogens with zero attached hydrogens (tertiary/aromatic N) is 1. The van der Waals surface area contributed by atoms with Crippen molar-refractivity contribution in [3.63, 3.8) is 0 Å². The number of hydrogen-bond acceptors (Lipinski definition) is 2. The van der Waals surface area contributed by atoms with Crippen LogP contribution in [0.5, 0.6) is 0 Å². The lowest BCUT2D eigenvalue weighted by atomic mass is 10.4. The molecule has 0 unspecified atom stereocenters. The molecule has 0 heterocycles. The van der Waals surface area contributed by atoms with Gasteiger partial charge < -0.3 is 11.1 Å². The predicted octanol–water partition coefficient (Wildman–Crippen LogP) is 3.10. The summed E-state index contributed by atoms with van der Waals surface area (Å²) in [4.78, 5) is 5.49. The van der Waals surface area contributed by atoms with Crippen LogP contribution >= 0.6 is 35.7 Å². The van der Waals surface area contributed by atoms with Crippen molar-refractivity contribution in [1.29, 1.82) is 0 Å². The van der Waals surface area contributed by atoms with E-state index in [1.54, 1.807) is 0 Å². The van der Waals surface area contributed by atoms with Gasteiger partial charge in [0.05, 0.1) is 0 Å². The van der Waals surface area contributed by atoms with E-state index in [4.69, 9.17) is 5.73 Å². The maximum Gasteiger partial charge on any atom is 0.188 e. The third kappa shape index (κ3) is 8.63. The van der Waals surface area contributed by atoms with E-state index in [9.17, 15) is 0 Å². The SMILES string of the molecule is CCCN=C(N)NCCCSc1ccccc1.I. The van der Waals surface area contributed by atoms with Crippen LogP contribution in [0.25, 0.3) is 0 Å². The molecule has 0 aliphatic heterocycles. The summed E-state index contributed by atoms with van der Waals surface area (Å²) in [6.07, 6.45) is 2.12. The van der Waals surface area contributed by atoms with Gasteiger partial charge in [-0.1, -0.05) is 25.1 Å². The van der Waals surface area contributed by atoms with Gasteiger partial charge in [0.25, 0.3) is 0 Å². The largest absolute Gasteiger partial charge is 0.370 e. The fraction of sp³-hybridized carbons (Fsp3) is 0.462. The molecule has 1 rings (SSSR count). The van der Waals surface area contributed by atoms with Gasteiger partial charge in [0.1, 0.15) is 0 Å². The van der Waals surface area contributed by atoms with Crippen LogP contribution in [0.2, 0.25) is 0 Å². The highest BCUT2D eigenvalue weighted by atomic mass is 127. The highest BCUT2D eigenvalue weighted by Gasteiger charge is 1.94. The van der Waals surface area contributed by atoms with Crippen LogP contribution in [0.4, 0.5) is 0 Å². The van der Waals surface area contributed by atoms with Crippen molar-refractivity contribution in [1.82, 2.24) is 5.32 Å². The zero-order valence-corrected chi connectivity index (χ0v) is 13.9. The van der Waals surface area contributed by atoms with E-state index in [1.807, 2.05) is 17.8 Å². The van der Waals surface area contributed by atoms with Crippen molar-refractivity contribution in [3.05, 3.63) is 30.3 Å². The fourth-order valence-corrected chi connectivity index (χ4v) is 2.16. The Morgan fingerprint density at radius 3 is 2.72 bits per heavy atom. The van der Waals surface area contributed by atoms with Crippen LogP contribution in [-0.4, -0.2) is 24.8 Å². The number of nitrogens with one attached hydrogen (secondary N) is 1. The molecule has 3 N–H and O–H groups in total. The second kappa shape index (κ2) is 11.6. The summed E-state index contributed by atoms with van der Waals surface area (Å²) < 4.78 is 0. The van der Waals surface area contributed by atoms with Crippen molar-refractivity contribution in [3.8, 4) is 0 Å². The minimum Gasteiger partial charge on any atom is -0.370 e. The van der Waals surface area contributed by atoms with E-state index >= 15 is 0 Å². The van der Waals surface area contributed by atoms with Crippen molar-refractivity contribution in [2.45, 2.75) is 24.7 Å². The van der Waals surface area contributed by atoms with Crippen molar-refractivity contribution < 1.29 is 0 Å².